The van der Waals surface area contributed by atoms with E-state index in [0.29, 0.717) is 5.56 Å². The molecule has 0 aliphatic rings. The van der Waals surface area contributed by atoms with Gasteiger partial charge in [-0.2, -0.15) is 4.98 Å². The number of esters is 1. The van der Waals surface area contributed by atoms with Crippen molar-refractivity contribution < 1.29 is 9.53 Å². The number of H-pyrrole nitrogens is 1. The summed E-state index contributed by atoms with van der Waals surface area (Å²) in [4.78, 5) is 56.8. The van der Waals surface area contributed by atoms with Crippen molar-refractivity contribution in [2.75, 3.05) is 0 Å². The third-order valence-electron chi connectivity index (χ3n) is 5.49. The molecular weight excluding hydrogens is 438 g/mol. The second kappa shape index (κ2) is 8.00. The normalized spacial score (nSPS) is 12.0. The van der Waals surface area contributed by atoms with Gasteiger partial charge in [0.1, 0.15) is 11.1 Å². The lowest BCUT2D eigenvalue weighted by Gasteiger charge is -2.04. The summed E-state index contributed by atoms with van der Waals surface area (Å²) in [6.07, 6.45) is 1.54. The Labute approximate surface area is 191 Å². The largest absolute Gasteiger partial charge is 0.426 e. The average molecular weight is 457 g/mol. The van der Waals surface area contributed by atoms with Crippen molar-refractivity contribution in [2.24, 2.45) is 7.05 Å². The summed E-state index contributed by atoms with van der Waals surface area (Å²) in [7, 11) is 1.49. The smallest absolute Gasteiger partial charge is 0.329 e. The quantitative estimate of drug-likeness (QED) is 0.311. The Balaban J connectivity index is 1.91. The Morgan fingerprint density at radius 2 is 1.76 bits per heavy atom. The zero-order chi connectivity index (χ0) is 24.0. The van der Waals surface area contributed by atoms with Crippen molar-refractivity contribution in [1.82, 2.24) is 23.5 Å². The first kappa shape index (κ1) is 21.1. The number of hydrogen-bond donors (Lipinski definition) is 1. The molecule has 0 saturated heterocycles. The minimum Gasteiger partial charge on any atom is -0.426 e. The number of nitrogens with one attached hydrogen (secondary N) is 1. The fraction of sp³-hybridized carbons (Fsp3) is 0.125. The van der Waals surface area contributed by atoms with E-state index in [0.717, 1.165) is 5.56 Å². The lowest BCUT2D eigenvalue weighted by molar-refractivity contribution is -0.131. The second-order valence-corrected chi connectivity index (χ2v) is 7.78. The summed E-state index contributed by atoms with van der Waals surface area (Å²) >= 11 is 0. The van der Waals surface area contributed by atoms with Crippen LogP contribution >= 0.6 is 0 Å². The van der Waals surface area contributed by atoms with Gasteiger partial charge in [0.2, 0.25) is 5.78 Å². The van der Waals surface area contributed by atoms with E-state index in [-0.39, 0.29) is 40.1 Å². The summed E-state index contributed by atoms with van der Waals surface area (Å²) in [6.45, 7) is 1.49. The number of aromatic nitrogens is 5. The van der Waals surface area contributed by atoms with Gasteiger partial charge in [0.25, 0.3) is 11.1 Å². The highest BCUT2D eigenvalue weighted by Crippen LogP contribution is 2.19. The maximum atomic E-state index is 13.6. The Morgan fingerprint density at radius 3 is 2.50 bits per heavy atom. The van der Waals surface area contributed by atoms with E-state index in [9.17, 15) is 19.2 Å². The molecule has 0 spiro atoms. The van der Waals surface area contributed by atoms with Gasteiger partial charge >= 0.3 is 11.7 Å². The average Bonchev–Trinajstić information content (AvgIpc) is 3.31. The van der Waals surface area contributed by atoms with Crippen LogP contribution in [-0.2, 0) is 18.4 Å². The molecule has 170 valence electrons. The highest BCUT2D eigenvalue weighted by molar-refractivity contribution is 5.76. The van der Waals surface area contributed by atoms with Crippen LogP contribution in [-0.4, -0.2) is 29.5 Å². The van der Waals surface area contributed by atoms with E-state index < -0.39 is 17.2 Å². The van der Waals surface area contributed by atoms with Crippen LogP contribution in [0.15, 0.2) is 69.0 Å². The van der Waals surface area contributed by atoms with Crippen LogP contribution in [0.4, 0.5) is 0 Å². The Bertz CT molecular complexity index is 1810. The van der Waals surface area contributed by atoms with Crippen molar-refractivity contribution in [3.63, 3.8) is 0 Å². The van der Waals surface area contributed by atoms with Crippen LogP contribution in [0.2, 0.25) is 0 Å². The van der Waals surface area contributed by atoms with E-state index in [1.165, 1.54) is 27.5 Å². The van der Waals surface area contributed by atoms with Gasteiger partial charge in [-0.3, -0.25) is 32.9 Å². The van der Waals surface area contributed by atoms with Crippen LogP contribution in [0.1, 0.15) is 18.1 Å². The lowest BCUT2D eigenvalue weighted by Crippen LogP contribution is -2.34. The van der Waals surface area contributed by atoms with Crippen LogP contribution in [0.5, 0.6) is 5.75 Å². The minimum atomic E-state index is -0.662. The van der Waals surface area contributed by atoms with Gasteiger partial charge in [-0.05, 0) is 17.7 Å². The number of ether oxygens (including phenoxy) is 1. The fourth-order valence-corrected chi connectivity index (χ4v) is 3.93. The number of para-hydroxylation sites is 1. The third-order valence-corrected chi connectivity index (χ3v) is 5.49. The molecule has 34 heavy (non-hydrogen) atoms. The molecule has 5 aromatic rings. The zero-order valence-electron chi connectivity index (χ0n) is 18.3. The summed E-state index contributed by atoms with van der Waals surface area (Å²) < 4.78 is 9.38. The molecule has 1 N–H and O–H groups in total. The van der Waals surface area contributed by atoms with Gasteiger partial charge in [0.15, 0.2) is 11.2 Å². The molecule has 0 atom stereocenters. The molecule has 10 heteroatoms. The third kappa shape index (κ3) is 3.41. The van der Waals surface area contributed by atoms with Crippen LogP contribution in [0.3, 0.4) is 0 Å². The molecule has 5 rings (SSSR count). The molecule has 3 heterocycles. The predicted octanol–water partition coefficient (Wildman–Crippen LogP) is 0.557. The molecule has 10 nitrogen and oxygen atoms in total. The number of hydrogen-bond acceptors (Lipinski definition) is 6. The van der Waals surface area contributed by atoms with Crippen molar-refractivity contribution in [2.45, 2.75) is 13.5 Å². The molecule has 0 amide bonds. The van der Waals surface area contributed by atoms with Gasteiger partial charge in [0.05, 0.1) is 6.54 Å². The van der Waals surface area contributed by atoms with E-state index in [1.807, 2.05) is 30.3 Å². The standard InChI is InChI=1S/C24H19N5O5/c1-14(30)34-18-11-7-6-10-16(18)12-17-22(32)28(13-15-8-4-3-5-9-15)23-25-20-19(29(17)23)21(31)26-24(33)27(20)2/h3-12H,13H2,1-2H3,(H,26,31,33)/b17-12+. The zero-order valence-corrected chi connectivity index (χ0v) is 18.3. The first-order chi connectivity index (χ1) is 16.3. The summed E-state index contributed by atoms with van der Waals surface area (Å²) in [5.74, 6) is -0.0228. The Morgan fingerprint density at radius 1 is 1.06 bits per heavy atom. The van der Waals surface area contributed by atoms with E-state index >= 15 is 0 Å². The highest BCUT2D eigenvalue weighted by Gasteiger charge is 2.21. The van der Waals surface area contributed by atoms with Crippen LogP contribution in [0, 0.1) is 0 Å². The van der Waals surface area contributed by atoms with E-state index in [2.05, 4.69) is 9.97 Å². The molecule has 0 radical (unpaired) electrons. The van der Waals surface area contributed by atoms with Gasteiger partial charge in [0, 0.05) is 19.5 Å². The minimum absolute atomic E-state index is 0.0669. The monoisotopic (exact) mass is 457 g/mol. The van der Waals surface area contributed by atoms with E-state index in [4.69, 9.17) is 4.74 Å². The number of carbonyl (C=O) groups is 1. The number of rotatable bonds is 4. The SMILES string of the molecule is CC(=O)Oc1ccccc1/C=c1\c(=O)n(Cc2ccccc2)c2nc3c(c(=O)[nH]c(=O)n3C)n12. The highest BCUT2D eigenvalue weighted by atomic mass is 16.5. The number of carbonyl (C=O) groups excluding carboxylic acids is 1. The fourth-order valence-electron chi connectivity index (χ4n) is 3.93. The molecule has 0 fully saturated rings. The number of benzene rings is 2. The number of fused-ring (bicyclic) bond motifs is 3. The Hall–Kier alpha value is -4.73. The molecular formula is C24H19N5O5. The van der Waals surface area contributed by atoms with Gasteiger partial charge in [-0.15, -0.1) is 0 Å². The van der Waals surface area contributed by atoms with E-state index in [1.54, 1.807) is 30.3 Å². The van der Waals surface area contributed by atoms with Crippen molar-refractivity contribution in [3.05, 3.63) is 102 Å². The maximum absolute atomic E-state index is 13.6. The van der Waals surface area contributed by atoms with Gasteiger partial charge in [-0.25, -0.2) is 4.79 Å². The molecule has 2 aromatic carbocycles. The molecule has 0 aliphatic heterocycles. The van der Waals surface area contributed by atoms with Crippen molar-refractivity contribution >= 4 is 29.0 Å². The maximum Gasteiger partial charge on any atom is 0.329 e. The first-order valence-corrected chi connectivity index (χ1v) is 10.4. The topological polar surface area (TPSA) is 120 Å². The predicted molar refractivity (Wildman–Crippen MR) is 125 cm³/mol. The van der Waals surface area contributed by atoms with Crippen LogP contribution in [0.25, 0.3) is 23.0 Å². The number of aryl methyl sites for hydroxylation is 1. The van der Waals surface area contributed by atoms with Crippen LogP contribution < -0.4 is 26.9 Å². The number of aromatic amines is 1. The van der Waals surface area contributed by atoms with Gasteiger partial charge in [-0.1, -0.05) is 48.5 Å². The Kier molecular flexibility index (Phi) is 4.97. The van der Waals surface area contributed by atoms with Crippen molar-refractivity contribution in [1.29, 1.82) is 0 Å². The molecule has 3 aromatic heterocycles. The van der Waals surface area contributed by atoms with Gasteiger partial charge < -0.3 is 4.74 Å². The number of nitrogens with zero attached hydrogens (tertiary/aromatic N) is 4. The molecule has 0 saturated carbocycles. The summed E-state index contributed by atoms with van der Waals surface area (Å²) in [5, 5.41) is 0.136. The molecule has 0 bridgehead atoms. The number of imidazole rings is 2. The van der Waals surface area contributed by atoms with Crippen molar-refractivity contribution in [3.8, 4) is 5.75 Å². The molecule has 0 aliphatic carbocycles. The first-order valence-electron chi connectivity index (χ1n) is 10.4. The molecule has 0 unspecified atom stereocenters. The second-order valence-electron chi connectivity index (χ2n) is 7.78. The lowest BCUT2D eigenvalue weighted by atomic mass is 10.2. The summed E-state index contributed by atoms with van der Waals surface area (Å²) in [6, 6.07) is 16.1. The summed E-state index contributed by atoms with van der Waals surface area (Å²) in [5.41, 5.74) is -0.119.